The Morgan fingerprint density at radius 2 is 2.08 bits per heavy atom. The van der Waals surface area contributed by atoms with Crippen molar-refractivity contribution < 1.29 is 8.42 Å². The molecule has 1 fully saturated rings. The highest BCUT2D eigenvalue weighted by atomic mass is 32.2. The molecule has 0 bridgehead atoms. The number of nitrogens with two attached hydrogens (primary N) is 1. The molecule has 0 spiro atoms. The summed E-state index contributed by atoms with van der Waals surface area (Å²) in [5.41, 5.74) is 5.62. The van der Waals surface area contributed by atoms with Crippen molar-refractivity contribution in [2.24, 2.45) is 11.7 Å². The lowest BCUT2D eigenvalue weighted by Crippen LogP contribution is -2.55. The van der Waals surface area contributed by atoms with Crippen LogP contribution in [0.1, 0.15) is 13.8 Å². The van der Waals surface area contributed by atoms with Gasteiger partial charge in [0.05, 0.1) is 5.75 Å². The third-order valence-corrected chi connectivity index (χ3v) is 4.19. The predicted molar refractivity (Wildman–Crippen MR) is 48.2 cm³/mol. The van der Waals surface area contributed by atoms with E-state index in [1.165, 1.54) is 4.31 Å². The van der Waals surface area contributed by atoms with Crippen LogP contribution in [0.25, 0.3) is 0 Å². The second-order valence-electron chi connectivity index (χ2n) is 3.34. The van der Waals surface area contributed by atoms with E-state index < -0.39 is 10.0 Å². The molecule has 4 nitrogen and oxygen atoms in total. The number of hydrogen-bond acceptors (Lipinski definition) is 3. The van der Waals surface area contributed by atoms with Crippen molar-refractivity contribution in [3.63, 3.8) is 0 Å². The van der Waals surface area contributed by atoms with E-state index in [4.69, 9.17) is 5.73 Å². The Labute approximate surface area is 73.8 Å². The van der Waals surface area contributed by atoms with Crippen molar-refractivity contribution in [2.45, 2.75) is 19.9 Å². The van der Waals surface area contributed by atoms with Crippen LogP contribution in [-0.4, -0.2) is 37.6 Å². The van der Waals surface area contributed by atoms with Crippen molar-refractivity contribution in [1.29, 1.82) is 0 Å². The summed E-state index contributed by atoms with van der Waals surface area (Å²) in [7, 11) is -2.95. The van der Waals surface area contributed by atoms with E-state index >= 15 is 0 Å². The third kappa shape index (κ3) is 1.78. The maximum Gasteiger partial charge on any atom is 0.213 e. The first-order valence-corrected chi connectivity index (χ1v) is 5.81. The van der Waals surface area contributed by atoms with Gasteiger partial charge in [-0.2, -0.15) is 0 Å². The van der Waals surface area contributed by atoms with Gasteiger partial charge in [0.1, 0.15) is 0 Å². The first-order valence-electron chi connectivity index (χ1n) is 4.20. The molecule has 0 saturated carbocycles. The van der Waals surface area contributed by atoms with E-state index in [0.717, 1.165) is 0 Å². The Bertz CT molecular complexity index is 242. The van der Waals surface area contributed by atoms with Gasteiger partial charge in [-0.05, 0) is 13.8 Å². The average molecular weight is 192 g/mol. The van der Waals surface area contributed by atoms with Crippen molar-refractivity contribution in [1.82, 2.24) is 4.31 Å². The normalized spacial score (nSPS) is 23.6. The summed E-state index contributed by atoms with van der Waals surface area (Å²) < 4.78 is 24.0. The van der Waals surface area contributed by atoms with Crippen LogP contribution in [0.3, 0.4) is 0 Å². The molecule has 1 heterocycles. The second kappa shape index (κ2) is 3.32. The SMILES string of the molecule is CCS(=O)(=O)N1CC(C(C)N)C1. The Balaban J connectivity index is 2.45. The topological polar surface area (TPSA) is 63.4 Å². The number of hydrogen-bond donors (Lipinski definition) is 1. The largest absolute Gasteiger partial charge is 0.328 e. The van der Waals surface area contributed by atoms with Crippen molar-refractivity contribution >= 4 is 10.0 Å². The summed E-state index contributed by atoms with van der Waals surface area (Å²) in [5.74, 6) is 0.546. The minimum Gasteiger partial charge on any atom is -0.328 e. The number of rotatable bonds is 3. The highest BCUT2D eigenvalue weighted by molar-refractivity contribution is 7.89. The molecule has 0 aliphatic carbocycles. The molecule has 1 aliphatic rings. The monoisotopic (exact) mass is 192 g/mol. The Kier molecular flexibility index (Phi) is 2.75. The van der Waals surface area contributed by atoms with Gasteiger partial charge < -0.3 is 5.73 Å². The van der Waals surface area contributed by atoms with E-state index in [1.807, 2.05) is 6.92 Å². The molecule has 1 atom stereocenters. The van der Waals surface area contributed by atoms with E-state index in [0.29, 0.717) is 19.0 Å². The molecular formula is C7H16N2O2S. The van der Waals surface area contributed by atoms with E-state index in [2.05, 4.69) is 0 Å². The fourth-order valence-electron chi connectivity index (χ4n) is 1.21. The summed E-state index contributed by atoms with van der Waals surface area (Å²) >= 11 is 0. The van der Waals surface area contributed by atoms with Gasteiger partial charge >= 0.3 is 0 Å². The molecule has 0 aromatic heterocycles. The Hall–Kier alpha value is -0.130. The number of nitrogens with zero attached hydrogens (tertiary/aromatic N) is 1. The van der Waals surface area contributed by atoms with Gasteiger partial charge in [-0.15, -0.1) is 0 Å². The maximum atomic E-state index is 11.2. The summed E-state index contributed by atoms with van der Waals surface area (Å²) in [6.07, 6.45) is 0. The molecular weight excluding hydrogens is 176 g/mol. The van der Waals surface area contributed by atoms with Gasteiger partial charge in [0.15, 0.2) is 0 Å². The highest BCUT2D eigenvalue weighted by Gasteiger charge is 2.36. The fourth-order valence-corrected chi connectivity index (χ4v) is 2.41. The molecule has 72 valence electrons. The summed E-state index contributed by atoms with van der Waals surface area (Å²) in [5, 5.41) is 0. The molecule has 0 amide bonds. The molecule has 1 rings (SSSR count). The quantitative estimate of drug-likeness (QED) is 0.662. The van der Waals surface area contributed by atoms with E-state index in [9.17, 15) is 8.42 Å². The molecule has 2 N–H and O–H groups in total. The molecule has 0 radical (unpaired) electrons. The van der Waals surface area contributed by atoms with E-state index in [-0.39, 0.29) is 11.8 Å². The van der Waals surface area contributed by atoms with Crippen LogP contribution in [0.15, 0.2) is 0 Å². The second-order valence-corrected chi connectivity index (χ2v) is 5.59. The summed E-state index contributed by atoms with van der Waals surface area (Å²) in [6, 6.07) is 0.105. The van der Waals surface area contributed by atoms with Crippen LogP contribution in [-0.2, 0) is 10.0 Å². The zero-order chi connectivity index (χ0) is 9.35. The van der Waals surface area contributed by atoms with Crippen molar-refractivity contribution in [2.75, 3.05) is 18.8 Å². The Morgan fingerprint density at radius 3 is 2.42 bits per heavy atom. The summed E-state index contributed by atoms with van der Waals surface area (Å²) in [4.78, 5) is 0. The van der Waals surface area contributed by atoms with Gasteiger partial charge in [-0.3, -0.25) is 0 Å². The molecule has 1 saturated heterocycles. The average Bonchev–Trinajstić information content (AvgIpc) is 1.82. The van der Waals surface area contributed by atoms with Crippen LogP contribution < -0.4 is 5.73 Å². The molecule has 0 aromatic rings. The van der Waals surface area contributed by atoms with Gasteiger partial charge in [0.25, 0.3) is 0 Å². The Morgan fingerprint density at radius 1 is 1.58 bits per heavy atom. The van der Waals surface area contributed by atoms with Crippen molar-refractivity contribution in [3.05, 3.63) is 0 Å². The highest BCUT2D eigenvalue weighted by Crippen LogP contribution is 2.21. The van der Waals surface area contributed by atoms with Crippen molar-refractivity contribution in [3.8, 4) is 0 Å². The third-order valence-electron chi connectivity index (χ3n) is 2.38. The minimum atomic E-state index is -2.95. The molecule has 1 unspecified atom stereocenters. The maximum absolute atomic E-state index is 11.2. The van der Waals surface area contributed by atoms with Gasteiger partial charge in [-0.1, -0.05) is 0 Å². The van der Waals surface area contributed by atoms with Gasteiger partial charge in [0.2, 0.25) is 10.0 Å². The first kappa shape index (κ1) is 9.95. The van der Waals surface area contributed by atoms with Gasteiger partial charge in [-0.25, -0.2) is 12.7 Å². The van der Waals surface area contributed by atoms with Crippen LogP contribution in [0.2, 0.25) is 0 Å². The summed E-state index contributed by atoms with van der Waals surface area (Å²) in [6.45, 7) is 4.79. The minimum absolute atomic E-state index is 0.105. The molecule has 5 heteroatoms. The fraction of sp³-hybridized carbons (Fsp3) is 1.00. The van der Waals surface area contributed by atoms with Crippen LogP contribution in [0.4, 0.5) is 0 Å². The zero-order valence-corrected chi connectivity index (χ0v) is 8.34. The van der Waals surface area contributed by atoms with Crippen LogP contribution >= 0.6 is 0 Å². The first-order chi connectivity index (χ1) is 5.47. The molecule has 12 heavy (non-hydrogen) atoms. The standard InChI is InChI=1S/C7H16N2O2S/c1-3-12(10,11)9-4-7(5-9)6(2)8/h6-7H,3-5,8H2,1-2H3. The predicted octanol–water partition coefficient (Wildman–Crippen LogP) is -0.385. The lowest BCUT2D eigenvalue weighted by Gasteiger charge is -2.39. The smallest absolute Gasteiger partial charge is 0.213 e. The van der Waals surface area contributed by atoms with Gasteiger partial charge in [0, 0.05) is 25.0 Å². The lowest BCUT2D eigenvalue weighted by atomic mass is 9.96. The lowest BCUT2D eigenvalue weighted by molar-refractivity contribution is 0.177. The van der Waals surface area contributed by atoms with Crippen LogP contribution in [0.5, 0.6) is 0 Å². The molecule has 1 aliphatic heterocycles. The number of sulfonamides is 1. The van der Waals surface area contributed by atoms with Crippen LogP contribution in [0, 0.1) is 5.92 Å². The van der Waals surface area contributed by atoms with E-state index in [1.54, 1.807) is 6.92 Å². The zero-order valence-electron chi connectivity index (χ0n) is 7.53. The molecule has 0 aromatic carbocycles.